The Morgan fingerprint density at radius 3 is 2.12 bits per heavy atom. The molecule has 4 heteroatoms. The molecule has 4 nitrogen and oxygen atoms in total. The molecule has 2 heterocycles. The van der Waals surface area contributed by atoms with Crippen LogP contribution in [0.2, 0.25) is 0 Å². The van der Waals surface area contributed by atoms with Gasteiger partial charge in [0.05, 0.1) is 0 Å². The second-order valence-electron chi connectivity index (χ2n) is 5.14. The van der Waals surface area contributed by atoms with Crippen molar-refractivity contribution >= 4 is 0 Å². The summed E-state index contributed by atoms with van der Waals surface area (Å²) in [7, 11) is 0. The van der Waals surface area contributed by atoms with E-state index in [2.05, 4.69) is 41.6 Å². The molecule has 2 aliphatic rings. The van der Waals surface area contributed by atoms with Crippen molar-refractivity contribution in [1.82, 2.24) is 20.9 Å². The number of nitrogens with zero attached hydrogens (tertiary/aromatic N) is 1. The van der Waals surface area contributed by atoms with Crippen molar-refractivity contribution < 1.29 is 0 Å². The van der Waals surface area contributed by atoms with Gasteiger partial charge in [0.15, 0.2) is 0 Å². The van der Waals surface area contributed by atoms with Gasteiger partial charge in [-0.15, -0.1) is 0 Å². The molecule has 0 aliphatic carbocycles. The highest BCUT2D eigenvalue weighted by Crippen LogP contribution is 1.97. The average molecular weight is 242 g/mol. The van der Waals surface area contributed by atoms with E-state index in [9.17, 15) is 0 Å². The predicted molar refractivity (Wildman–Crippen MR) is 74.5 cm³/mol. The fourth-order valence-corrected chi connectivity index (χ4v) is 2.20. The highest BCUT2D eigenvalue weighted by molar-refractivity contribution is 4.73. The minimum atomic E-state index is 0.726. The van der Waals surface area contributed by atoms with Crippen molar-refractivity contribution in [2.24, 2.45) is 0 Å². The molecule has 3 N–H and O–H groups in total. The molecule has 0 spiro atoms. The standard InChI is InChI=1S/C7H16N2.C6H14N2/c1-7(2)9-5-3-8-4-6-9;1-2-6-5-7-3-4-8-6/h7-8H,3-6H2,1-2H3;6-8H,2-5H2,1H3. The van der Waals surface area contributed by atoms with E-state index in [1.165, 1.54) is 19.5 Å². The van der Waals surface area contributed by atoms with Crippen LogP contribution < -0.4 is 16.0 Å². The van der Waals surface area contributed by atoms with Crippen LogP contribution in [0.15, 0.2) is 0 Å². The van der Waals surface area contributed by atoms with E-state index in [1.807, 2.05) is 0 Å². The lowest BCUT2D eigenvalue weighted by Crippen LogP contribution is -2.47. The van der Waals surface area contributed by atoms with Crippen LogP contribution in [0.4, 0.5) is 0 Å². The Labute approximate surface area is 107 Å². The second-order valence-corrected chi connectivity index (χ2v) is 5.14. The summed E-state index contributed by atoms with van der Waals surface area (Å²) in [6.07, 6.45) is 1.24. The first-order chi connectivity index (χ1) is 8.24. The van der Waals surface area contributed by atoms with Crippen LogP contribution in [-0.4, -0.2) is 62.8 Å². The lowest BCUT2D eigenvalue weighted by atomic mass is 10.2. The fraction of sp³-hybridized carbons (Fsp3) is 1.00. The molecule has 2 aliphatic heterocycles. The fourth-order valence-electron chi connectivity index (χ4n) is 2.20. The number of nitrogens with one attached hydrogen (secondary N) is 3. The van der Waals surface area contributed by atoms with Crippen LogP contribution in [0.1, 0.15) is 27.2 Å². The first kappa shape index (κ1) is 14.9. The number of piperazine rings is 2. The average Bonchev–Trinajstić information content (AvgIpc) is 2.41. The van der Waals surface area contributed by atoms with Crippen molar-refractivity contribution in [3.8, 4) is 0 Å². The molecule has 0 radical (unpaired) electrons. The number of hydrogen-bond acceptors (Lipinski definition) is 4. The van der Waals surface area contributed by atoms with E-state index in [1.54, 1.807) is 0 Å². The van der Waals surface area contributed by atoms with Crippen molar-refractivity contribution in [3.05, 3.63) is 0 Å². The molecule has 2 fully saturated rings. The van der Waals surface area contributed by atoms with Crippen LogP contribution in [0.3, 0.4) is 0 Å². The van der Waals surface area contributed by atoms with E-state index in [0.29, 0.717) is 0 Å². The third-order valence-electron chi connectivity index (χ3n) is 3.50. The predicted octanol–water partition coefficient (Wildman–Crippen LogP) is 0.258. The molecule has 0 saturated carbocycles. The van der Waals surface area contributed by atoms with Gasteiger partial charge in [0, 0.05) is 57.9 Å². The first-order valence-corrected chi connectivity index (χ1v) is 7.13. The molecule has 0 amide bonds. The topological polar surface area (TPSA) is 39.3 Å². The van der Waals surface area contributed by atoms with Gasteiger partial charge in [0.2, 0.25) is 0 Å². The lowest BCUT2D eigenvalue weighted by molar-refractivity contribution is 0.196. The maximum absolute atomic E-state index is 3.41. The Kier molecular flexibility index (Phi) is 7.77. The summed E-state index contributed by atoms with van der Waals surface area (Å²) in [4.78, 5) is 2.50. The normalized spacial score (nSPS) is 26.5. The highest BCUT2D eigenvalue weighted by Gasteiger charge is 2.11. The molecule has 2 saturated heterocycles. The van der Waals surface area contributed by atoms with Gasteiger partial charge in [-0.2, -0.15) is 0 Å². The summed E-state index contributed by atoms with van der Waals surface area (Å²) >= 11 is 0. The summed E-state index contributed by atoms with van der Waals surface area (Å²) < 4.78 is 0. The van der Waals surface area contributed by atoms with Crippen LogP contribution in [0.25, 0.3) is 0 Å². The van der Waals surface area contributed by atoms with Gasteiger partial charge in [-0.25, -0.2) is 0 Å². The van der Waals surface area contributed by atoms with Gasteiger partial charge in [-0.1, -0.05) is 6.92 Å². The van der Waals surface area contributed by atoms with E-state index >= 15 is 0 Å². The van der Waals surface area contributed by atoms with Gasteiger partial charge in [-0.05, 0) is 20.3 Å². The van der Waals surface area contributed by atoms with E-state index < -0.39 is 0 Å². The van der Waals surface area contributed by atoms with Crippen molar-refractivity contribution in [2.45, 2.75) is 39.3 Å². The van der Waals surface area contributed by atoms with Gasteiger partial charge in [-0.3, -0.25) is 4.90 Å². The van der Waals surface area contributed by atoms with E-state index in [4.69, 9.17) is 0 Å². The number of hydrogen-bond donors (Lipinski definition) is 3. The molecule has 17 heavy (non-hydrogen) atoms. The highest BCUT2D eigenvalue weighted by atomic mass is 15.2. The van der Waals surface area contributed by atoms with Gasteiger partial charge in [0.25, 0.3) is 0 Å². The number of rotatable bonds is 2. The van der Waals surface area contributed by atoms with Crippen molar-refractivity contribution in [1.29, 1.82) is 0 Å². The van der Waals surface area contributed by atoms with Crippen LogP contribution in [0.5, 0.6) is 0 Å². The van der Waals surface area contributed by atoms with Crippen molar-refractivity contribution in [3.63, 3.8) is 0 Å². The maximum atomic E-state index is 3.41. The molecular weight excluding hydrogens is 212 g/mol. The second kappa shape index (κ2) is 8.86. The van der Waals surface area contributed by atoms with E-state index in [0.717, 1.165) is 44.8 Å². The zero-order valence-corrected chi connectivity index (χ0v) is 11.8. The Balaban J connectivity index is 0.000000171. The molecule has 2 rings (SSSR count). The molecule has 0 aromatic carbocycles. The molecule has 1 atom stereocenters. The Morgan fingerprint density at radius 1 is 1.06 bits per heavy atom. The van der Waals surface area contributed by atoms with Crippen LogP contribution in [0, 0.1) is 0 Å². The smallest absolute Gasteiger partial charge is 0.0190 e. The quantitative estimate of drug-likeness (QED) is 0.649. The van der Waals surface area contributed by atoms with Crippen LogP contribution >= 0.6 is 0 Å². The van der Waals surface area contributed by atoms with Crippen LogP contribution in [-0.2, 0) is 0 Å². The summed E-state index contributed by atoms with van der Waals surface area (Å²) in [5, 5.41) is 10.1. The zero-order valence-electron chi connectivity index (χ0n) is 11.8. The summed E-state index contributed by atoms with van der Waals surface area (Å²) in [5.74, 6) is 0. The van der Waals surface area contributed by atoms with Gasteiger partial charge in [0.1, 0.15) is 0 Å². The molecule has 1 unspecified atom stereocenters. The Morgan fingerprint density at radius 2 is 1.76 bits per heavy atom. The Bertz CT molecular complexity index is 172. The Hall–Kier alpha value is -0.160. The molecule has 0 bridgehead atoms. The molecule has 102 valence electrons. The summed E-state index contributed by atoms with van der Waals surface area (Å²) in [5.41, 5.74) is 0. The minimum Gasteiger partial charge on any atom is -0.314 e. The maximum Gasteiger partial charge on any atom is 0.0190 e. The third-order valence-corrected chi connectivity index (χ3v) is 3.50. The lowest BCUT2D eigenvalue weighted by Gasteiger charge is -2.30. The largest absolute Gasteiger partial charge is 0.314 e. The summed E-state index contributed by atoms with van der Waals surface area (Å²) in [6.45, 7) is 14.9. The monoisotopic (exact) mass is 242 g/mol. The van der Waals surface area contributed by atoms with Crippen molar-refractivity contribution in [2.75, 3.05) is 45.8 Å². The minimum absolute atomic E-state index is 0.726. The zero-order chi connectivity index (χ0) is 12.5. The third kappa shape index (κ3) is 6.36. The van der Waals surface area contributed by atoms with Gasteiger partial charge >= 0.3 is 0 Å². The first-order valence-electron chi connectivity index (χ1n) is 7.13. The van der Waals surface area contributed by atoms with E-state index in [-0.39, 0.29) is 0 Å². The van der Waals surface area contributed by atoms with Gasteiger partial charge < -0.3 is 16.0 Å². The SMILES string of the molecule is CC(C)N1CCNCC1.CCC1CNCCN1. The molecule has 0 aromatic heterocycles. The summed E-state index contributed by atoms with van der Waals surface area (Å²) in [6, 6.07) is 1.45. The molecular formula is C13H30N4. The molecule has 0 aromatic rings.